The van der Waals surface area contributed by atoms with Crippen LogP contribution in [0.4, 0.5) is 5.69 Å². The fourth-order valence-electron chi connectivity index (χ4n) is 4.33. The summed E-state index contributed by atoms with van der Waals surface area (Å²) in [5.74, 6) is 0.557. The second kappa shape index (κ2) is 12.1. The number of hydrogen-bond donors (Lipinski definition) is 2. The molecule has 1 aliphatic rings. The SMILES string of the molecule is CCCCN1C(=O)CCC(C(=O)NCCCNc2ccccc2)C1c1ccccc1OC. The number of unbranched alkanes of at least 4 members (excludes halogenated alkanes) is 1. The van der Waals surface area contributed by atoms with Crippen LogP contribution >= 0.6 is 0 Å². The minimum absolute atomic E-state index is 0.00890. The number of para-hydroxylation sites is 2. The van der Waals surface area contributed by atoms with Crippen molar-refractivity contribution < 1.29 is 14.3 Å². The highest BCUT2D eigenvalue weighted by Gasteiger charge is 2.41. The van der Waals surface area contributed by atoms with Crippen LogP contribution in [0.5, 0.6) is 5.75 Å². The molecule has 172 valence electrons. The van der Waals surface area contributed by atoms with Gasteiger partial charge in [-0.3, -0.25) is 9.59 Å². The molecular weight excluding hydrogens is 402 g/mol. The van der Waals surface area contributed by atoms with Crippen molar-refractivity contribution in [2.45, 2.75) is 45.1 Å². The van der Waals surface area contributed by atoms with Crippen LogP contribution in [0.25, 0.3) is 0 Å². The number of carbonyl (C=O) groups excluding carboxylic acids is 2. The van der Waals surface area contributed by atoms with E-state index < -0.39 is 0 Å². The predicted molar refractivity (Wildman–Crippen MR) is 128 cm³/mol. The summed E-state index contributed by atoms with van der Waals surface area (Å²) in [6.07, 6.45) is 3.69. The van der Waals surface area contributed by atoms with Crippen molar-refractivity contribution in [1.82, 2.24) is 10.2 Å². The van der Waals surface area contributed by atoms with Crippen LogP contribution in [-0.4, -0.2) is 43.5 Å². The van der Waals surface area contributed by atoms with Gasteiger partial charge in [-0.1, -0.05) is 49.7 Å². The van der Waals surface area contributed by atoms with E-state index in [0.717, 1.165) is 42.8 Å². The summed E-state index contributed by atoms with van der Waals surface area (Å²) < 4.78 is 5.59. The van der Waals surface area contributed by atoms with E-state index in [1.54, 1.807) is 7.11 Å². The van der Waals surface area contributed by atoms with Crippen molar-refractivity contribution in [2.24, 2.45) is 5.92 Å². The fourth-order valence-corrected chi connectivity index (χ4v) is 4.33. The van der Waals surface area contributed by atoms with Crippen LogP contribution in [0.2, 0.25) is 0 Å². The van der Waals surface area contributed by atoms with E-state index in [1.807, 2.05) is 59.5 Å². The number of rotatable bonds is 11. The Hall–Kier alpha value is -3.02. The highest BCUT2D eigenvalue weighted by molar-refractivity contribution is 5.85. The van der Waals surface area contributed by atoms with Crippen LogP contribution in [-0.2, 0) is 9.59 Å². The molecule has 2 N–H and O–H groups in total. The average molecular weight is 438 g/mol. The lowest BCUT2D eigenvalue weighted by Crippen LogP contribution is -2.48. The molecule has 1 saturated heterocycles. The first-order valence-electron chi connectivity index (χ1n) is 11.6. The number of hydrogen-bond acceptors (Lipinski definition) is 4. The minimum Gasteiger partial charge on any atom is -0.496 e. The Morgan fingerprint density at radius 3 is 2.56 bits per heavy atom. The average Bonchev–Trinajstić information content (AvgIpc) is 2.83. The summed E-state index contributed by atoms with van der Waals surface area (Å²) in [7, 11) is 1.63. The van der Waals surface area contributed by atoms with Crippen LogP contribution in [0.15, 0.2) is 54.6 Å². The van der Waals surface area contributed by atoms with Crippen LogP contribution < -0.4 is 15.4 Å². The number of anilines is 1. The van der Waals surface area contributed by atoms with Crippen molar-refractivity contribution in [3.8, 4) is 5.75 Å². The Labute approximate surface area is 191 Å². The highest BCUT2D eigenvalue weighted by atomic mass is 16.5. The number of nitrogens with zero attached hydrogens (tertiary/aromatic N) is 1. The second-order valence-electron chi connectivity index (χ2n) is 8.21. The largest absolute Gasteiger partial charge is 0.496 e. The molecule has 2 unspecified atom stereocenters. The van der Waals surface area contributed by atoms with E-state index in [1.165, 1.54) is 0 Å². The third-order valence-electron chi connectivity index (χ3n) is 6.01. The van der Waals surface area contributed by atoms with Crippen LogP contribution in [0.1, 0.15) is 50.6 Å². The molecule has 6 heteroatoms. The molecule has 1 fully saturated rings. The Morgan fingerprint density at radius 2 is 1.81 bits per heavy atom. The van der Waals surface area contributed by atoms with Crippen molar-refractivity contribution in [2.75, 3.05) is 32.1 Å². The van der Waals surface area contributed by atoms with Gasteiger partial charge in [0, 0.05) is 37.3 Å². The first-order chi connectivity index (χ1) is 15.7. The molecule has 2 atom stereocenters. The summed E-state index contributed by atoms with van der Waals surface area (Å²) >= 11 is 0. The Bertz CT molecular complexity index is 872. The molecule has 6 nitrogen and oxygen atoms in total. The topological polar surface area (TPSA) is 70.7 Å². The molecule has 32 heavy (non-hydrogen) atoms. The van der Waals surface area contributed by atoms with Gasteiger partial charge in [0.25, 0.3) is 0 Å². The Kier molecular flexibility index (Phi) is 8.96. The molecule has 1 heterocycles. The number of nitrogens with one attached hydrogen (secondary N) is 2. The van der Waals surface area contributed by atoms with Gasteiger partial charge in [0.1, 0.15) is 5.75 Å². The molecule has 0 saturated carbocycles. The molecule has 0 aromatic heterocycles. The summed E-state index contributed by atoms with van der Waals surface area (Å²) in [5, 5.41) is 6.47. The summed E-state index contributed by atoms with van der Waals surface area (Å²) in [6.45, 7) is 4.14. The van der Waals surface area contributed by atoms with Gasteiger partial charge in [0.05, 0.1) is 19.1 Å². The first kappa shape index (κ1) is 23.6. The molecule has 0 spiro atoms. The molecule has 0 bridgehead atoms. The quantitative estimate of drug-likeness (QED) is 0.512. The molecule has 2 amide bonds. The molecular formula is C26H35N3O3. The van der Waals surface area contributed by atoms with E-state index in [-0.39, 0.29) is 23.8 Å². The highest BCUT2D eigenvalue weighted by Crippen LogP contribution is 2.40. The molecule has 2 aromatic rings. The van der Waals surface area contributed by atoms with Gasteiger partial charge >= 0.3 is 0 Å². The standard InChI is InChI=1S/C26H35N3O3/c1-3-4-19-29-24(30)16-15-22(25(29)21-13-8-9-14-23(21)32-2)26(31)28-18-10-17-27-20-11-6-5-7-12-20/h5-9,11-14,22,25,27H,3-4,10,15-19H2,1-2H3,(H,28,31). The van der Waals surface area contributed by atoms with Crippen LogP contribution in [0, 0.1) is 5.92 Å². The molecule has 0 aliphatic carbocycles. The van der Waals surface area contributed by atoms with Crippen molar-refractivity contribution in [3.05, 3.63) is 60.2 Å². The number of methoxy groups -OCH3 is 1. The maximum absolute atomic E-state index is 13.2. The lowest BCUT2D eigenvalue weighted by molar-refractivity contribution is -0.143. The van der Waals surface area contributed by atoms with E-state index in [2.05, 4.69) is 17.6 Å². The maximum Gasteiger partial charge on any atom is 0.225 e. The van der Waals surface area contributed by atoms with Gasteiger partial charge in [-0.25, -0.2) is 0 Å². The number of likely N-dealkylation sites (tertiary alicyclic amines) is 1. The number of ether oxygens (including phenoxy) is 1. The number of benzene rings is 2. The monoisotopic (exact) mass is 437 g/mol. The Balaban J connectivity index is 1.67. The van der Waals surface area contributed by atoms with E-state index in [4.69, 9.17) is 4.74 Å². The lowest BCUT2D eigenvalue weighted by atomic mass is 9.83. The van der Waals surface area contributed by atoms with E-state index in [9.17, 15) is 9.59 Å². The number of amides is 2. The van der Waals surface area contributed by atoms with E-state index >= 15 is 0 Å². The third kappa shape index (κ3) is 6.02. The van der Waals surface area contributed by atoms with Crippen molar-refractivity contribution in [1.29, 1.82) is 0 Å². The number of carbonyl (C=O) groups is 2. The molecule has 1 aliphatic heterocycles. The summed E-state index contributed by atoms with van der Waals surface area (Å²) in [6, 6.07) is 17.5. The zero-order valence-electron chi connectivity index (χ0n) is 19.2. The Morgan fingerprint density at radius 1 is 1.06 bits per heavy atom. The van der Waals surface area contributed by atoms with Gasteiger partial charge < -0.3 is 20.3 Å². The lowest BCUT2D eigenvalue weighted by Gasteiger charge is -2.41. The minimum atomic E-state index is -0.304. The van der Waals surface area contributed by atoms with Gasteiger partial charge in [-0.2, -0.15) is 0 Å². The molecule has 0 radical (unpaired) electrons. The zero-order chi connectivity index (χ0) is 22.8. The maximum atomic E-state index is 13.2. The number of piperidine rings is 1. The summed E-state index contributed by atoms with van der Waals surface area (Å²) in [4.78, 5) is 28.0. The van der Waals surface area contributed by atoms with Gasteiger partial charge in [-0.15, -0.1) is 0 Å². The fraction of sp³-hybridized carbons (Fsp3) is 0.462. The second-order valence-corrected chi connectivity index (χ2v) is 8.21. The summed E-state index contributed by atoms with van der Waals surface area (Å²) in [5.41, 5.74) is 1.98. The van der Waals surface area contributed by atoms with Crippen LogP contribution in [0.3, 0.4) is 0 Å². The van der Waals surface area contributed by atoms with E-state index in [0.29, 0.717) is 25.9 Å². The zero-order valence-corrected chi connectivity index (χ0v) is 19.2. The first-order valence-corrected chi connectivity index (χ1v) is 11.6. The van der Waals surface area contributed by atoms with Gasteiger partial charge in [0.15, 0.2) is 0 Å². The predicted octanol–water partition coefficient (Wildman–Crippen LogP) is 4.39. The van der Waals surface area contributed by atoms with Crippen molar-refractivity contribution in [3.63, 3.8) is 0 Å². The van der Waals surface area contributed by atoms with Gasteiger partial charge in [-0.05, 0) is 37.5 Å². The smallest absolute Gasteiger partial charge is 0.225 e. The van der Waals surface area contributed by atoms with Crippen molar-refractivity contribution >= 4 is 17.5 Å². The molecule has 2 aromatic carbocycles. The van der Waals surface area contributed by atoms with Gasteiger partial charge in [0.2, 0.25) is 11.8 Å². The third-order valence-corrected chi connectivity index (χ3v) is 6.01. The molecule has 3 rings (SSSR count). The normalized spacial score (nSPS) is 18.3.